The number of hydrogen-bond donors (Lipinski definition) is 2. The molecule has 1 aromatic carbocycles. The number of sulfonamides is 1. The zero-order valence-corrected chi connectivity index (χ0v) is 14.2. The number of ether oxygens (including phenoxy) is 1. The molecule has 2 N–H and O–H groups in total. The second-order valence-electron chi connectivity index (χ2n) is 5.82. The normalized spacial score (nSPS) is 21.2. The van der Waals surface area contributed by atoms with Crippen molar-refractivity contribution in [1.82, 2.24) is 30.2 Å². The van der Waals surface area contributed by atoms with E-state index in [-0.39, 0.29) is 17.0 Å². The fourth-order valence-electron chi connectivity index (χ4n) is 2.86. The highest BCUT2D eigenvalue weighted by Gasteiger charge is 2.34. The third-order valence-electron chi connectivity index (χ3n) is 4.09. The van der Waals surface area contributed by atoms with Crippen LogP contribution >= 0.6 is 0 Å². The summed E-state index contributed by atoms with van der Waals surface area (Å²) in [6.07, 6.45) is 3.28. The molecule has 1 aromatic heterocycles. The molecule has 1 aliphatic heterocycles. The molecule has 3 rings (SSSR count). The molecule has 1 aliphatic rings. The van der Waals surface area contributed by atoms with Gasteiger partial charge >= 0.3 is 0 Å². The molecule has 2 aromatic rings. The third-order valence-corrected chi connectivity index (χ3v) is 5.49. The first-order valence-electron chi connectivity index (χ1n) is 7.62. The van der Waals surface area contributed by atoms with E-state index < -0.39 is 10.0 Å². The van der Waals surface area contributed by atoms with Crippen molar-refractivity contribution in [1.29, 1.82) is 0 Å². The number of tetrazole rings is 1. The molecule has 0 amide bonds. The van der Waals surface area contributed by atoms with Crippen LogP contribution in [0.4, 0.5) is 0 Å². The molecule has 130 valence electrons. The van der Waals surface area contributed by atoms with Crippen molar-refractivity contribution in [2.45, 2.75) is 23.3 Å². The van der Waals surface area contributed by atoms with Crippen molar-refractivity contribution in [3.05, 3.63) is 30.6 Å². The predicted octanol–water partition coefficient (Wildman–Crippen LogP) is -0.291. The molecule has 10 heteroatoms. The topological polar surface area (TPSA) is 111 Å². The summed E-state index contributed by atoms with van der Waals surface area (Å²) in [5.74, 6) is 0. The Kier molecular flexibility index (Phi) is 4.90. The number of nitrogens with one attached hydrogen (secondary N) is 2. The number of rotatable bonds is 7. The van der Waals surface area contributed by atoms with E-state index in [4.69, 9.17) is 4.74 Å². The lowest BCUT2D eigenvalue weighted by molar-refractivity contribution is 0.122. The first-order chi connectivity index (χ1) is 11.5. The minimum Gasteiger partial charge on any atom is -0.383 e. The standard InChI is InChI=1S/C14H20N6O3S/c1-23-10-14(6-3-7-15-14)9-17-24(21,22)13-5-2-4-12(8-13)20-11-16-18-19-20/h2,4-5,8,11,15,17H,3,6-7,9-10H2,1H3. The summed E-state index contributed by atoms with van der Waals surface area (Å²) in [5, 5.41) is 14.2. The van der Waals surface area contributed by atoms with Gasteiger partial charge in [-0.05, 0) is 48.0 Å². The summed E-state index contributed by atoms with van der Waals surface area (Å²) < 4.78 is 34.6. The van der Waals surface area contributed by atoms with E-state index in [1.54, 1.807) is 25.3 Å². The molecule has 0 aliphatic carbocycles. The zero-order chi connectivity index (χ0) is 17.0. The Bertz CT molecular complexity index is 772. The lowest BCUT2D eigenvalue weighted by Crippen LogP contribution is -2.52. The second kappa shape index (κ2) is 6.93. The van der Waals surface area contributed by atoms with Crippen LogP contribution in [-0.4, -0.2) is 61.0 Å². The number of nitrogens with zero attached hydrogens (tertiary/aromatic N) is 4. The highest BCUT2D eigenvalue weighted by molar-refractivity contribution is 7.89. The third kappa shape index (κ3) is 3.61. The maximum absolute atomic E-state index is 12.6. The Morgan fingerprint density at radius 3 is 3.00 bits per heavy atom. The van der Waals surface area contributed by atoms with Crippen LogP contribution in [-0.2, 0) is 14.8 Å². The highest BCUT2D eigenvalue weighted by Crippen LogP contribution is 2.20. The van der Waals surface area contributed by atoms with Crippen molar-refractivity contribution >= 4 is 10.0 Å². The summed E-state index contributed by atoms with van der Waals surface area (Å²) in [6.45, 7) is 1.60. The van der Waals surface area contributed by atoms with Crippen molar-refractivity contribution < 1.29 is 13.2 Å². The Labute approximate surface area is 140 Å². The van der Waals surface area contributed by atoms with Gasteiger partial charge in [-0.15, -0.1) is 5.10 Å². The van der Waals surface area contributed by atoms with E-state index in [0.29, 0.717) is 12.3 Å². The van der Waals surface area contributed by atoms with Crippen LogP contribution in [0.15, 0.2) is 35.5 Å². The molecule has 1 fully saturated rings. The number of benzene rings is 1. The fourth-order valence-corrected chi connectivity index (χ4v) is 4.03. The minimum atomic E-state index is -3.65. The largest absolute Gasteiger partial charge is 0.383 e. The van der Waals surface area contributed by atoms with Gasteiger partial charge in [-0.2, -0.15) is 0 Å². The Morgan fingerprint density at radius 2 is 2.33 bits per heavy atom. The van der Waals surface area contributed by atoms with Gasteiger partial charge in [-0.3, -0.25) is 0 Å². The van der Waals surface area contributed by atoms with Crippen LogP contribution in [0, 0.1) is 0 Å². The highest BCUT2D eigenvalue weighted by atomic mass is 32.2. The average Bonchev–Trinajstić information content (AvgIpc) is 3.26. The smallest absolute Gasteiger partial charge is 0.240 e. The fraction of sp³-hybridized carbons (Fsp3) is 0.500. The van der Waals surface area contributed by atoms with E-state index in [2.05, 4.69) is 25.6 Å². The van der Waals surface area contributed by atoms with Gasteiger partial charge in [0.2, 0.25) is 10.0 Å². The molecule has 1 saturated heterocycles. The van der Waals surface area contributed by atoms with Crippen LogP contribution in [0.3, 0.4) is 0 Å². The Balaban J connectivity index is 1.77. The van der Waals surface area contributed by atoms with Gasteiger partial charge in [-0.1, -0.05) is 6.07 Å². The van der Waals surface area contributed by atoms with E-state index in [9.17, 15) is 8.42 Å². The second-order valence-corrected chi connectivity index (χ2v) is 7.59. The molecule has 2 heterocycles. The van der Waals surface area contributed by atoms with Crippen molar-refractivity contribution in [3.8, 4) is 5.69 Å². The molecular formula is C14H20N6O3S. The maximum atomic E-state index is 12.6. The Hall–Kier alpha value is -1.88. The van der Waals surface area contributed by atoms with Gasteiger partial charge in [0, 0.05) is 13.7 Å². The molecular weight excluding hydrogens is 332 g/mol. The van der Waals surface area contributed by atoms with Crippen LogP contribution in [0.2, 0.25) is 0 Å². The van der Waals surface area contributed by atoms with Crippen molar-refractivity contribution in [2.75, 3.05) is 26.8 Å². The number of methoxy groups -OCH3 is 1. The van der Waals surface area contributed by atoms with Crippen molar-refractivity contribution in [3.63, 3.8) is 0 Å². The van der Waals surface area contributed by atoms with Gasteiger partial charge in [0.25, 0.3) is 0 Å². The van der Waals surface area contributed by atoms with Crippen LogP contribution < -0.4 is 10.0 Å². The van der Waals surface area contributed by atoms with E-state index in [1.807, 2.05) is 0 Å². The maximum Gasteiger partial charge on any atom is 0.240 e. The average molecular weight is 352 g/mol. The van der Waals surface area contributed by atoms with Crippen molar-refractivity contribution in [2.24, 2.45) is 0 Å². The zero-order valence-electron chi connectivity index (χ0n) is 13.3. The predicted molar refractivity (Wildman–Crippen MR) is 86.2 cm³/mol. The number of hydrogen-bond acceptors (Lipinski definition) is 7. The number of aromatic nitrogens is 4. The summed E-state index contributed by atoms with van der Waals surface area (Å²) >= 11 is 0. The van der Waals surface area contributed by atoms with Crippen LogP contribution in [0.5, 0.6) is 0 Å². The summed E-state index contributed by atoms with van der Waals surface area (Å²) in [5.41, 5.74) is 0.225. The molecule has 0 bridgehead atoms. The first kappa shape index (κ1) is 17.0. The van der Waals surface area contributed by atoms with Gasteiger partial charge in [0.1, 0.15) is 6.33 Å². The molecule has 0 saturated carbocycles. The van der Waals surface area contributed by atoms with E-state index in [1.165, 1.54) is 17.1 Å². The van der Waals surface area contributed by atoms with Crippen LogP contribution in [0.25, 0.3) is 5.69 Å². The van der Waals surface area contributed by atoms with Gasteiger partial charge in [0.05, 0.1) is 22.7 Å². The monoisotopic (exact) mass is 352 g/mol. The van der Waals surface area contributed by atoms with Gasteiger partial charge in [-0.25, -0.2) is 17.8 Å². The lowest BCUT2D eigenvalue weighted by atomic mass is 9.99. The Morgan fingerprint density at radius 1 is 1.46 bits per heavy atom. The van der Waals surface area contributed by atoms with Gasteiger partial charge < -0.3 is 10.1 Å². The summed E-state index contributed by atoms with van der Waals surface area (Å²) in [6, 6.07) is 6.47. The molecule has 0 spiro atoms. The minimum absolute atomic E-state index is 0.168. The molecule has 24 heavy (non-hydrogen) atoms. The first-order valence-corrected chi connectivity index (χ1v) is 9.10. The lowest BCUT2D eigenvalue weighted by Gasteiger charge is -2.28. The molecule has 0 radical (unpaired) electrons. The van der Waals surface area contributed by atoms with E-state index >= 15 is 0 Å². The summed E-state index contributed by atoms with van der Waals surface area (Å²) in [7, 11) is -2.03. The summed E-state index contributed by atoms with van der Waals surface area (Å²) in [4.78, 5) is 0.168. The van der Waals surface area contributed by atoms with E-state index in [0.717, 1.165) is 19.4 Å². The molecule has 1 unspecified atom stereocenters. The SMILES string of the molecule is COCC1(CNS(=O)(=O)c2cccc(-n3cnnn3)c2)CCCN1. The quantitative estimate of drug-likeness (QED) is 0.704. The van der Waals surface area contributed by atoms with Crippen LogP contribution in [0.1, 0.15) is 12.8 Å². The van der Waals surface area contributed by atoms with Gasteiger partial charge in [0.15, 0.2) is 0 Å². The molecule has 9 nitrogen and oxygen atoms in total. The molecule has 1 atom stereocenters.